The van der Waals surface area contributed by atoms with Gasteiger partial charge in [-0.1, -0.05) is 38.1 Å². The molecule has 2 nitrogen and oxygen atoms in total. The molecule has 1 aromatic heterocycles. The lowest BCUT2D eigenvalue weighted by Crippen LogP contribution is -2.01. The number of hydrogen-bond donors (Lipinski definition) is 0. The van der Waals surface area contributed by atoms with Gasteiger partial charge < -0.3 is 4.74 Å². The predicted molar refractivity (Wildman–Crippen MR) is 96.2 cm³/mol. The van der Waals surface area contributed by atoms with E-state index in [0.29, 0.717) is 12.5 Å². The zero-order valence-electron chi connectivity index (χ0n) is 14.3. The third kappa shape index (κ3) is 3.40. The molecule has 2 aromatic carbocycles. The van der Waals surface area contributed by atoms with Crippen LogP contribution >= 0.6 is 0 Å². The van der Waals surface area contributed by atoms with Gasteiger partial charge in [-0.2, -0.15) is 0 Å². The van der Waals surface area contributed by atoms with Crippen LogP contribution in [0.4, 0.5) is 4.39 Å². The van der Waals surface area contributed by atoms with Crippen molar-refractivity contribution in [2.45, 2.75) is 33.1 Å². The SMILES string of the molecule is CCOc1c(C(C)C)ccc2cc(Cc3ccc(F)cc3)cnc12. The van der Waals surface area contributed by atoms with Crippen LogP contribution in [0, 0.1) is 5.82 Å². The van der Waals surface area contributed by atoms with Crippen molar-refractivity contribution < 1.29 is 9.13 Å². The Hall–Kier alpha value is -2.42. The molecular weight excluding hydrogens is 301 g/mol. The average Bonchev–Trinajstić information content (AvgIpc) is 2.57. The summed E-state index contributed by atoms with van der Waals surface area (Å²) in [5.74, 6) is 1.06. The summed E-state index contributed by atoms with van der Waals surface area (Å²) in [6.07, 6.45) is 2.62. The predicted octanol–water partition coefficient (Wildman–Crippen LogP) is 5.49. The first-order chi connectivity index (χ1) is 11.6. The van der Waals surface area contributed by atoms with Crippen LogP contribution in [0.2, 0.25) is 0 Å². The number of benzene rings is 2. The maximum atomic E-state index is 13.0. The lowest BCUT2D eigenvalue weighted by atomic mass is 9.98. The summed E-state index contributed by atoms with van der Waals surface area (Å²) >= 11 is 0. The van der Waals surface area contributed by atoms with Crippen molar-refractivity contribution in [2.75, 3.05) is 6.61 Å². The lowest BCUT2D eigenvalue weighted by molar-refractivity contribution is 0.338. The van der Waals surface area contributed by atoms with Gasteiger partial charge in [0, 0.05) is 11.6 Å². The quantitative estimate of drug-likeness (QED) is 0.619. The molecule has 124 valence electrons. The Morgan fingerprint density at radius 2 is 1.79 bits per heavy atom. The van der Waals surface area contributed by atoms with Crippen LogP contribution < -0.4 is 4.74 Å². The van der Waals surface area contributed by atoms with Gasteiger partial charge in [0.2, 0.25) is 0 Å². The van der Waals surface area contributed by atoms with Gasteiger partial charge in [-0.3, -0.25) is 4.98 Å². The van der Waals surface area contributed by atoms with Gasteiger partial charge in [0.15, 0.2) is 0 Å². The zero-order valence-corrected chi connectivity index (χ0v) is 14.3. The third-order valence-corrected chi connectivity index (χ3v) is 4.13. The van der Waals surface area contributed by atoms with E-state index in [1.807, 2.05) is 25.3 Å². The fourth-order valence-electron chi connectivity index (χ4n) is 2.92. The summed E-state index contributed by atoms with van der Waals surface area (Å²) in [6, 6.07) is 13.0. The summed E-state index contributed by atoms with van der Waals surface area (Å²) in [5, 5.41) is 1.07. The molecule has 0 amide bonds. The molecule has 0 saturated heterocycles. The Morgan fingerprint density at radius 1 is 1.04 bits per heavy atom. The van der Waals surface area contributed by atoms with E-state index in [-0.39, 0.29) is 5.82 Å². The number of halogens is 1. The minimum atomic E-state index is -0.210. The number of fused-ring (bicyclic) bond motifs is 1. The van der Waals surface area contributed by atoms with Gasteiger partial charge in [-0.25, -0.2) is 4.39 Å². The summed E-state index contributed by atoms with van der Waals surface area (Å²) < 4.78 is 18.9. The van der Waals surface area contributed by atoms with Crippen molar-refractivity contribution in [3.8, 4) is 5.75 Å². The second-order valence-corrected chi connectivity index (χ2v) is 6.29. The highest BCUT2D eigenvalue weighted by Gasteiger charge is 2.13. The second-order valence-electron chi connectivity index (χ2n) is 6.29. The number of hydrogen-bond acceptors (Lipinski definition) is 2. The Bertz CT molecular complexity index is 840. The Morgan fingerprint density at radius 3 is 2.46 bits per heavy atom. The van der Waals surface area contributed by atoms with Crippen molar-refractivity contribution in [3.05, 3.63) is 71.2 Å². The van der Waals surface area contributed by atoms with E-state index in [1.165, 1.54) is 17.7 Å². The van der Waals surface area contributed by atoms with Crippen molar-refractivity contribution in [2.24, 2.45) is 0 Å². The van der Waals surface area contributed by atoms with Crippen molar-refractivity contribution in [1.29, 1.82) is 0 Å². The minimum absolute atomic E-state index is 0.210. The smallest absolute Gasteiger partial charge is 0.148 e. The molecule has 3 heteroatoms. The highest BCUT2D eigenvalue weighted by Crippen LogP contribution is 2.33. The molecule has 3 aromatic rings. The molecule has 0 aliphatic heterocycles. The van der Waals surface area contributed by atoms with E-state index >= 15 is 0 Å². The fourth-order valence-corrected chi connectivity index (χ4v) is 2.92. The Balaban J connectivity index is 1.99. The molecule has 0 radical (unpaired) electrons. The van der Waals surface area contributed by atoms with E-state index in [9.17, 15) is 4.39 Å². The third-order valence-electron chi connectivity index (χ3n) is 4.13. The van der Waals surface area contributed by atoms with Crippen LogP contribution in [0.1, 0.15) is 43.4 Å². The summed E-state index contributed by atoms with van der Waals surface area (Å²) in [6.45, 7) is 6.93. The highest BCUT2D eigenvalue weighted by molar-refractivity contribution is 5.86. The molecule has 0 aliphatic carbocycles. The van der Waals surface area contributed by atoms with Crippen molar-refractivity contribution >= 4 is 10.9 Å². The van der Waals surface area contributed by atoms with E-state index in [2.05, 4.69) is 37.0 Å². The molecule has 0 unspecified atom stereocenters. The number of ether oxygens (including phenoxy) is 1. The highest BCUT2D eigenvalue weighted by atomic mass is 19.1. The van der Waals surface area contributed by atoms with E-state index in [4.69, 9.17) is 4.74 Å². The van der Waals surface area contributed by atoms with E-state index in [1.54, 1.807) is 0 Å². The zero-order chi connectivity index (χ0) is 17.1. The van der Waals surface area contributed by atoms with Crippen molar-refractivity contribution in [3.63, 3.8) is 0 Å². The molecular formula is C21H22FNO. The first kappa shape index (κ1) is 16.4. The van der Waals surface area contributed by atoms with E-state index < -0.39 is 0 Å². The van der Waals surface area contributed by atoms with Crippen LogP contribution in [0.5, 0.6) is 5.75 Å². The lowest BCUT2D eigenvalue weighted by Gasteiger charge is -2.15. The monoisotopic (exact) mass is 323 g/mol. The van der Waals surface area contributed by atoms with Crippen LogP contribution in [-0.2, 0) is 6.42 Å². The number of nitrogens with zero attached hydrogens (tertiary/aromatic N) is 1. The molecule has 0 fully saturated rings. The van der Waals surface area contributed by atoms with Crippen LogP contribution in [-0.4, -0.2) is 11.6 Å². The first-order valence-corrected chi connectivity index (χ1v) is 8.37. The molecule has 24 heavy (non-hydrogen) atoms. The first-order valence-electron chi connectivity index (χ1n) is 8.37. The molecule has 1 heterocycles. The van der Waals surface area contributed by atoms with Gasteiger partial charge in [-0.05, 0) is 54.2 Å². The molecule has 0 saturated carbocycles. The Labute approximate surface area is 142 Å². The second kappa shape index (κ2) is 7.00. The van der Waals surface area contributed by atoms with Gasteiger partial charge in [-0.15, -0.1) is 0 Å². The minimum Gasteiger partial charge on any atom is -0.491 e. The standard InChI is InChI=1S/C21H22FNO/c1-4-24-21-19(14(2)3)10-7-17-12-16(13-23-20(17)21)11-15-5-8-18(22)9-6-15/h5-10,12-14H,4,11H2,1-3H3. The maximum absolute atomic E-state index is 13.0. The molecule has 0 atom stereocenters. The Kier molecular flexibility index (Phi) is 4.79. The maximum Gasteiger partial charge on any atom is 0.148 e. The number of rotatable bonds is 5. The van der Waals surface area contributed by atoms with Gasteiger partial charge in [0.25, 0.3) is 0 Å². The topological polar surface area (TPSA) is 22.1 Å². The molecule has 0 bridgehead atoms. The molecule has 0 aliphatic rings. The van der Waals surface area contributed by atoms with Crippen LogP contribution in [0.15, 0.2) is 48.7 Å². The van der Waals surface area contributed by atoms with Crippen molar-refractivity contribution in [1.82, 2.24) is 4.98 Å². The molecule has 0 N–H and O–H groups in total. The van der Waals surface area contributed by atoms with Gasteiger partial charge in [0.1, 0.15) is 17.1 Å². The summed E-state index contributed by atoms with van der Waals surface area (Å²) in [4.78, 5) is 4.66. The number of pyridine rings is 1. The molecule has 0 spiro atoms. The van der Waals surface area contributed by atoms with Gasteiger partial charge in [0.05, 0.1) is 6.61 Å². The normalized spacial score (nSPS) is 11.2. The van der Waals surface area contributed by atoms with Crippen LogP contribution in [0.25, 0.3) is 10.9 Å². The fraction of sp³-hybridized carbons (Fsp3) is 0.286. The molecule has 3 rings (SSSR count). The van der Waals surface area contributed by atoms with Crippen LogP contribution in [0.3, 0.4) is 0 Å². The average molecular weight is 323 g/mol. The number of aromatic nitrogens is 1. The summed E-state index contributed by atoms with van der Waals surface area (Å²) in [7, 11) is 0. The summed E-state index contributed by atoms with van der Waals surface area (Å²) in [5.41, 5.74) is 4.27. The van der Waals surface area contributed by atoms with Gasteiger partial charge >= 0.3 is 0 Å². The van der Waals surface area contributed by atoms with E-state index in [0.717, 1.165) is 34.2 Å². The largest absolute Gasteiger partial charge is 0.491 e.